The van der Waals surface area contributed by atoms with Crippen LogP contribution in [0.15, 0.2) is 29.3 Å². The zero-order valence-electron chi connectivity index (χ0n) is 7.16. The molecule has 0 amide bonds. The number of carbonyl (C=O) groups is 1. The summed E-state index contributed by atoms with van der Waals surface area (Å²) >= 11 is 5.57. The van der Waals surface area contributed by atoms with Gasteiger partial charge >= 0.3 is 0 Å². The number of halogens is 1. The molecule has 0 aromatic heterocycles. The summed E-state index contributed by atoms with van der Waals surface area (Å²) in [5, 5.41) is 0.157. The molecule has 0 unspecified atom stereocenters. The molecule has 3 heteroatoms. The van der Waals surface area contributed by atoms with Crippen LogP contribution in [0.4, 0.5) is 0 Å². The maximum absolute atomic E-state index is 10.3. The van der Waals surface area contributed by atoms with Crippen molar-refractivity contribution < 1.29 is 9.53 Å². The van der Waals surface area contributed by atoms with Crippen molar-refractivity contribution in [2.24, 2.45) is 0 Å². The Kier molecular flexibility index (Phi) is 3.53. The fourth-order valence-corrected chi connectivity index (χ4v) is 1.09. The molecule has 0 fully saturated rings. The molecule has 0 aliphatic carbocycles. The van der Waals surface area contributed by atoms with Crippen LogP contribution in [0.3, 0.4) is 0 Å². The number of hydrogen-bond donors (Lipinski definition) is 0. The number of aldehydes is 1. The van der Waals surface area contributed by atoms with E-state index in [1.165, 1.54) is 0 Å². The molecule has 0 N–H and O–H groups in total. The van der Waals surface area contributed by atoms with E-state index in [-0.39, 0.29) is 5.03 Å². The normalized spacial score (nSPS) is 11.1. The van der Waals surface area contributed by atoms with Gasteiger partial charge in [0.05, 0.1) is 12.1 Å². The van der Waals surface area contributed by atoms with Crippen molar-refractivity contribution >= 4 is 24.0 Å². The van der Waals surface area contributed by atoms with E-state index >= 15 is 0 Å². The second-order valence-corrected chi connectivity index (χ2v) is 2.83. The summed E-state index contributed by atoms with van der Waals surface area (Å²) in [6.07, 6.45) is 2.15. The van der Waals surface area contributed by atoms with Crippen LogP contribution in [0.25, 0.3) is 6.08 Å². The van der Waals surface area contributed by atoms with Gasteiger partial charge in [-0.2, -0.15) is 0 Å². The summed E-state index contributed by atoms with van der Waals surface area (Å²) in [5.41, 5.74) is 0.794. The van der Waals surface area contributed by atoms with E-state index in [1.54, 1.807) is 19.3 Å². The molecular weight excluding hydrogens is 188 g/mol. The number of para-hydroxylation sites is 1. The van der Waals surface area contributed by atoms with E-state index < -0.39 is 0 Å². The van der Waals surface area contributed by atoms with Crippen LogP contribution in [-0.2, 0) is 4.79 Å². The second kappa shape index (κ2) is 4.67. The molecule has 0 atom stereocenters. The van der Waals surface area contributed by atoms with Gasteiger partial charge < -0.3 is 4.74 Å². The number of ether oxygens (including phenoxy) is 1. The predicted molar refractivity (Wildman–Crippen MR) is 52.9 cm³/mol. The lowest BCUT2D eigenvalue weighted by Gasteiger charge is -2.02. The Labute approximate surface area is 81.8 Å². The summed E-state index contributed by atoms with van der Waals surface area (Å²) in [5.74, 6) is 0.697. The third-order valence-corrected chi connectivity index (χ3v) is 1.74. The first-order valence-electron chi connectivity index (χ1n) is 3.73. The molecule has 0 spiro atoms. The van der Waals surface area contributed by atoms with Gasteiger partial charge in [-0.15, -0.1) is 0 Å². The number of allylic oxidation sites excluding steroid dienone is 1. The summed E-state index contributed by atoms with van der Waals surface area (Å²) in [7, 11) is 1.57. The Hall–Kier alpha value is -1.28. The van der Waals surface area contributed by atoms with Gasteiger partial charge in [0.25, 0.3) is 0 Å². The van der Waals surface area contributed by atoms with E-state index in [1.807, 2.05) is 18.2 Å². The molecule has 2 nitrogen and oxygen atoms in total. The molecule has 1 rings (SSSR count). The lowest BCUT2D eigenvalue weighted by atomic mass is 10.2. The largest absolute Gasteiger partial charge is 0.496 e. The van der Waals surface area contributed by atoms with E-state index in [0.717, 1.165) is 5.56 Å². The van der Waals surface area contributed by atoms with E-state index in [9.17, 15) is 4.79 Å². The predicted octanol–water partition coefficient (Wildman–Crippen LogP) is 2.47. The molecule has 0 aliphatic heterocycles. The van der Waals surface area contributed by atoms with Crippen LogP contribution in [0.5, 0.6) is 5.75 Å². The van der Waals surface area contributed by atoms with Gasteiger partial charge in [-0.25, -0.2) is 0 Å². The molecule has 1 aromatic carbocycles. The van der Waals surface area contributed by atoms with Crippen molar-refractivity contribution in [3.8, 4) is 5.75 Å². The zero-order chi connectivity index (χ0) is 9.68. The molecule has 0 bridgehead atoms. The molecule has 0 saturated heterocycles. The van der Waals surface area contributed by atoms with Crippen LogP contribution in [0.1, 0.15) is 5.56 Å². The monoisotopic (exact) mass is 196 g/mol. The first kappa shape index (κ1) is 9.81. The van der Waals surface area contributed by atoms with Gasteiger partial charge in [0.15, 0.2) is 6.29 Å². The number of hydrogen-bond acceptors (Lipinski definition) is 2. The van der Waals surface area contributed by atoms with Crippen LogP contribution >= 0.6 is 11.6 Å². The highest BCUT2D eigenvalue weighted by Gasteiger charge is 1.98. The van der Waals surface area contributed by atoms with Crippen molar-refractivity contribution in [1.82, 2.24) is 0 Å². The minimum Gasteiger partial charge on any atom is -0.496 e. The number of carbonyl (C=O) groups excluding carboxylic acids is 1. The average molecular weight is 197 g/mol. The fraction of sp³-hybridized carbons (Fsp3) is 0.100. The maximum Gasteiger partial charge on any atom is 0.161 e. The number of rotatable bonds is 3. The molecule has 0 aliphatic rings. The molecule has 68 valence electrons. The van der Waals surface area contributed by atoms with Crippen LogP contribution in [-0.4, -0.2) is 13.4 Å². The molecule has 0 radical (unpaired) electrons. The van der Waals surface area contributed by atoms with Crippen LogP contribution in [0.2, 0.25) is 0 Å². The van der Waals surface area contributed by atoms with E-state index in [2.05, 4.69) is 0 Å². The Balaban J connectivity index is 3.06. The number of methoxy groups -OCH3 is 1. The van der Waals surface area contributed by atoms with Gasteiger partial charge in [0.1, 0.15) is 5.75 Å². The molecule has 0 heterocycles. The Morgan fingerprint density at radius 3 is 2.77 bits per heavy atom. The van der Waals surface area contributed by atoms with Crippen molar-refractivity contribution in [2.75, 3.05) is 7.11 Å². The van der Waals surface area contributed by atoms with Crippen molar-refractivity contribution in [2.45, 2.75) is 0 Å². The number of benzene rings is 1. The standard InChI is InChI=1S/C10H9ClO2/c1-13-10-5-3-2-4-8(10)6-9(11)7-12/h2-7H,1H3. The quantitative estimate of drug-likeness (QED) is 0.549. The SMILES string of the molecule is COc1ccccc1C=C(Cl)C=O. The summed E-state index contributed by atoms with van der Waals surface area (Å²) < 4.78 is 5.07. The van der Waals surface area contributed by atoms with Crippen molar-refractivity contribution in [3.63, 3.8) is 0 Å². The molecule has 0 saturated carbocycles. The first-order chi connectivity index (χ1) is 6.27. The third kappa shape index (κ3) is 2.60. The summed E-state index contributed by atoms with van der Waals surface area (Å²) in [6.45, 7) is 0. The minimum absolute atomic E-state index is 0.157. The Morgan fingerprint density at radius 2 is 2.15 bits per heavy atom. The highest BCUT2D eigenvalue weighted by atomic mass is 35.5. The fourth-order valence-electron chi connectivity index (χ4n) is 0.968. The van der Waals surface area contributed by atoms with Gasteiger partial charge in [0, 0.05) is 5.56 Å². The lowest BCUT2D eigenvalue weighted by Crippen LogP contribution is -1.86. The smallest absolute Gasteiger partial charge is 0.161 e. The van der Waals surface area contributed by atoms with E-state index in [4.69, 9.17) is 16.3 Å². The topological polar surface area (TPSA) is 26.3 Å². The van der Waals surface area contributed by atoms with Crippen LogP contribution in [0, 0.1) is 0 Å². The lowest BCUT2D eigenvalue weighted by molar-refractivity contribution is -0.104. The average Bonchev–Trinajstić information content (AvgIpc) is 2.18. The maximum atomic E-state index is 10.3. The van der Waals surface area contributed by atoms with Crippen molar-refractivity contribution in [3.05, 3.63) is 34.9 Å². The molecular formula is C10H9ClO2. The van der Waals surface area contributed by atoms with Gasteiger partial charge in [-0.05, 0) is 12.1 Å². The highest BCUT2D eigenvalue weighted by Crippen LogP contribution is 2.20. The van der Waals surface area contributed by atoms with Crippen LogP contribution < -0.4 is 4.74 Å². The first-order valence-corrected chi connectivity index (χ1v) is 4.11. The highest BCUT2D eigenvalue weighted by molar-refractivity contribution is 6.40. The Morgan fingerprint density at radius 1 is 1.46 bits per heavy atom. The second-order valence-electron chi connectivity index (χ2n) is 2.39. The van der Waals surface area contributed by atoms with Gasteiger partial charge in [0.2, 0.25) is 0 Å². The van der Waals surface area contributed by atoms with Gasteiger partial charge in [-0.1, -0.05) is 29.8 Å². The van der Waals surface area contributed by atoms with Crippen molar-refractivity contribution in [1.29, 1.82) is 0 Å². The Bertz CT molecular complexity index is 331. The third-order valence-electron chi connectivity index (χ3n) is 1.54. The minimum atomic E-state index is 0.157. The molecule has 13 heavy (non-hydrogen) atoms. The summed E-state index contributed by atoms with van der Waals surface area (Å²) in [6, 6.07) is 7.33. The summed E-state index contributed by atoms with van der Waals surface area (Å²) in [4.78, 5) is 10.3. The van der Waals surface area contributed by atoms with E-state index in [0.29, 0.717) is 12.0 Å². The molecule has 1 aromatic rings. The van der Waals surface area contributed by atoms with Gasteiger partial charge in [-0.3, -0.25) is 4.79 Å². The zero-order valence-corrected chi connectivity index (χ0v) is 7.91.